The summed E-state index contributed by atoms with van der Waals surface area (Å²) in [6.45, 7) is 4.70. The smallest absolute Gasteiger partial charge is 0.253 e. The number of benzene rings is 2. The van der Waals surface area contributed by atoms with Gasteiger partial charge in [0.2, 0.25) is 0 Å². The van der Waals surface area contributed by atoms with Gasteiger partial charge in [-0.3, -0.25) is 4.79 Å². The van der Waals surface area contributed by atoms with Crippen LogP contribution in [0.4, 0.5) is 0 Å². The Hall–Kier alpha value is -3.05. The van der Waals surface area contributed by atoms with Crippen molar-refractivity contribution in [1.82, 2.24) is 15.1 Å². The number of amides is 1. The molecule has 0 unspecified atom stereocenters. The molecule has 1 saturated heterocycles. The number of carbonyl (C=O) groups excluding carboxylic acids is 1. The van der Waals surface area contributed by atoms with E-state index in [2.05, 4.69) is 10.2 Å². The summed E-state index contributed by atoms with van der Waals surface area (Å²) in [6.07, 6.45) is 0.534. The number of rotatable bonds is 3. The van der Waals surface area contributed by atoms with Gasteiger partial charge in [0.05, 0.1) is 17.9 Å². The Bertz CT molecular complexity index is 1020. The molecule has 142 valence electrons. The van der Waals surface area contributed by atoms with Crippen LogP contribution in [-0.4, -0.2) is 39.2 Å². The topological polar surface area (TPSA) is 66.3 Å². The van der Waals surface area contributed by atoms with Crippen molar-refractivity contribution in [3.05, 3.63) is 83.0 Å². The van der Waals surface area contributed by atoms with Gasteiger partial charge >= 0.3 is 0 Å². The summed E-state index contributed by atoms with van der Waals surface area (Å²) in [7, 11) is 0. The Morgan fingerprint density at radius 3 is 2.61 bits per heavy atom. The molecule has 1 N–H and O–H groups in total. The fourth-order valence-electron chi connectivity index (χ4n) is 3.83. The van der Waals surface area contributed by atoms with Crippen LogP contribution in [0.25, 0.3) is 11.3 Å². The zero-order valence-electron chi connectivity index (χ0n) is 16.1. The van der Waals surface area contributed by atoms with E-state index in [9.17, 15) is 9.90 Å². The van der Waals surface area contributed by atoms with Gasteiger partial charge in [-0.15, -0.1) is 0 Å². The van der Waals surface area contributed by atoms with Crippen LogP contribution in [0.1, 0.15) is 33.6 Å². The number of carbonyl (C=O) groups is 1. The molecule has 1 aliphatic rings. The highest BCUT2D eigenvalue weighted by atomic mass is 16.3. The molecule has 0 aliphatic carbocycles. The minimum Gasteiger partial charge on any atom is -0.383 e. The molecule has 28 heavy (non-hydrogen) atoms. The summed E-state index contributed by atoms with van der Waals surface area (Å²) in [6, 6.07) is 19.0. The number of aryl methyl sites for hydroxylation is 2. The SMILES string of the molecule is Cc1ccc(-c2cccc(C(=O)N3CC[C@](O)(c4ccccc4C)C3)c2)nn1. The van der Waals surface area contributed by atoms with Crippen molar-refractivity contribution >= 4 is 5.91 Å². The van der Waals surface area contributed by atoms with Crippen molar-refractivity contribution in [2.45, 2.75) is 25.9 Å². The predicted molar refractivity (Wildman–Crippen MR) is 108 cm³/mol. The first-order valence-corrected chi connectivity index (χ1v) is 9.45. The van der Waals surface area contributed by atoms with Crippen LogP contribution in [0.5, 0.6) is 0 Å². The number of β-amino-alcohol motifs (C(OH)–C–C–N with tert-alkyl or cyclic N) is 1. The van der Waals surface area contributed by atoms with Crippen LogP contribution >= 0.6 is 0 Å². The molecule has 0 radical (unpaired) electrons. The Morgan fingerprint density at radius 1 is 1.04 bits per heavy atom. The first-order chi connectivity index (χ1) is 13.5. The van der Waals surface area contributed by atoms with E-state index in [4.69, 9.17) is 0 Å². The second kappa shape index (κ2) is 7.17. The minimum atomic E-state index is -0.999. The predicted octanol–water partition coefficient (Wildman–Crippen LogP) is 3.49. The molecule has 0 bridgehead atoms. The lowest BCUT2D eigenvalue weighted by Crippen LogP contribution is -2.34. The van der Waals surface area contributed by atoms with E-state index in [1.807, 2.05) is 68.4 Å². The van der Waals surface area contributed by atoms with Gasteiger partial charge in [0, 0.05) is 17.7 Å². The third kappa shape index (κ3) is 3.41. The first-order valence-electron chi connectivity index (χ1n) is 9.45. The Balaban J connectivity index is 1.57. The second-order valence-electron chi connectivity index (χ2n) is 7.46. The van der Waals surface area contributed by atoms with E-state index in [0.29, 0.717) is 25.1 Å². The van der Waals surface area contributed by atoms with Gasteiger partial charge in [-0.05, 0) is 55.7 Å². The number of aromatic nitrogens is 2. The first kappa shape index (κ1) is 18.3. The van der Waals surface area contributed by atoms with E-state index in [1.54, 1.807) is 11.0 Å². The van der Waals surface area contributed by atoms with Gasteiger partial charge in [0.25, 0.3) is 5.91 Å². The third-order valence-electron chi connectivity index (χ3n) is 5.38. The van der Waals surface area contributed by atoms with Gasteiger partial charge in [0.15, 0.2) is 0 Å². The highest BCUT2D eigenvalue weighted by Gasteiger charge is 2.40. The Morgan fingerprint density at radius 2 is 1.86 bits per heavy atom. The van der Waals surface area contributed by atoms with Crippen molar-refractivity contribution < 1.29 is 9.90 Å². The molecule has 1 aliphatic heterocycles. The monoisotopic (exact) mass is 373 g/mol. The van der Waals surface area contributed by atoms with Crippen molar-refractivity contribution in [3.63, 3.8) is 0 Å². The summed E-state index contributed by atoms with van der Waals surface area (Å²) < 4.78 is 0. The molecule has 2 heterocycles. The molecule has 1 aromatic heterocycles. The van der Waals surface area contributed by atoms with Crippen LogP contribution in [-0.2, 0) is 5.60 Å². The van der Waals surface area contributed by atoms with Crippen molar-refractivity contribution in [2.75, 3.05) is 13.1 Å². The molecule has 1 amide bonds. The Labute approximate surface area is 164 Å². The lowest BCUT2D eigenvalue weighted by atomic mass is 9.89. The lowest BCUT2D eigenvalue weighted by Gasteiger charge is -2.25. The summed E-state index contributed by atoms with van der Waals surface area (Å²) in [5.41, 5.74) is 3.97. The summed E-state index contributed by atoms with van der Waals surface area (Å²) in [4.78, 5) is 14.8. The lowest BCUT2D eigenvalue weighted by molar-refractivity contribution is 0.0412. The summed E-state index contributed by atoms with van der Waals surface area (Å²) in [5, 5.41) is 19.5. The maximum absolute atomic E-state index is 13.1. The average molecular weight is 373 g/mol. The zero-order valence-corrected chi connectivity index (χ0v) is 16.1. The molecule has 5 heteroatoms. The summed E-state index contributed by atoms with van der Waals surface area (Å²) >= 11 is 0. The normalized spacial score (nSPS) is 19.0. The fourth-order valence-corrected chi connectivity index (χ4v) is 3.83. The molecule has 5 nitrogen and oxygen atoms in total. The van der Waals surface area contributed by atoms with E-state index < -0.39 is 5.60 Å². The fraction of sp³-hybridized carbons (Fsp3) is 0.261. The van der Waals surface area contributed by atoms with Crippen molar-refractivity contribution in [1.29, 1.82) is 0 Å². The average Bonchev–Trinajstić information content (AvgIpc) is 3.11. The zero-order chi connectivity index (χ0) is 19.7. The summed E-state index contributed by atoms with van der Waals surface area (Å²) in [5.74, 6) is -0.0774. The second-order valence-corrected chi connectivity index (χ2v) is 7.46. The highest BCUT2D eigenvalue weighted by molar-refractivity contribution is 5.95. The van der Waals surface area contributed by atoms with Crippen LogP contribution in [0.3, 0.4) is 0 Å². The standard InChI is InChI=1S/C23H23N3O2/c1-16-6-3-4-9-20(16)23(28)12-13-26(15-23)22(27)19-8-5-7-18(14-19)21-11-10-17(2)24-25-21/h3-11,14,28H,12-13,15H2,1-2H3/t23-/m1/s1. The maximum atomic E-state index is 13.1. The van der Waals surface area contributed by atoms with E-state index in [1.165, 1.54) is 0 Å². The van der Waals surface area contributed by atoms with Gasteiger partial charge < -0.3 is 10.0 Å². The van der Waals surface area contributed by atoms with Crippen LogP contribution in [0.15, 0.2) is 60.7 Å². The minimum absolute atomic E-state index is 0.0774. The Kier molecular flexibility index (Phi) is 4.69. The number of nitrogens with zero attached hydrogens (tertiary/aromatic N) is 3. The van der Waals surface area contributed by atoms with Gasteiger partial charge in [-0.1, -0.05) is 36.4 Å². The van der Waals surface area contributed by atoms with Gasteiger partial charge in [-0.2, -0.15) is 10.2 Å². The van der Waals surface area contributed by atoms with Crippen LogP contribution in [0.2, 0.25) is 0 Å². The number of aliphatic hydroxyl groups is 1. The van der Waals surface area contributed by atoms with Crippen LogP contribution in [0, 0.1) is 13.8 Å². The van der Waals surface area contributed by atoms with Gasteiger partial charge in [-0.25, -0.2) is 0 Å². The molecule has 0 spiro atoms. The largest absolute Gasteiger partial charge is 0.383 e. The maximum Gasteiger partial charge on any atom is 0.253 e. The molecular weight excluding hydrogens is 350 g/mol. The van der Waals surface area contributed by atoms with E-state index in [0.717, 1.165) is 28.1 Å². The van der Waals surface area contributed by atoms with Crippen molar-refractivity contribution in [3.8, 4) is 11.3 Å². The number of likely N-dealkylation sites (tertiary alicyclic amines) is 1. The van der Waals surface area contributed by atoms with E-state index in [-0.39, 0.29) is 5.91 Å². The third-order valence-corrected chi connectivity index (χ3v) is 5.38. The number of hydrogen-bond acceptors (Lipinski definition) is 4. The molecule has 2 aromatic carbocycles. The molecule has 3 aromatic rings. The van der Waals surface area contributed by atoms with Gasteiger partial charge in [0.1, 0.15) is 5.60 Å². The molecule has 1 atom stereocenters. The molecule has 1 fully saturated rings. The van der Waals surface area contributed by atoms with E-state index >= 15 is 0 Å². The quantitative estimate of drug-likeness (QED) is 0.763. The molecular formula is C23H23N3O2. The van der Waals surface area contributed by atoms with Crippen LogP contribution < -0.4 is 0 Å². The molecule has 0 saturated carbocycles. The number of hydrogen-bond donors (Lipinski definition) is 1. The van der Waals surface area contributed by atoms with Crippen molar-refractivity contribution in [2.24, 2.45) is 0 Å². The molecule has 4 rings (SSSR count). The highest BCUT2D eigenvalue weighted by Crippen LogP contribution is 2.34.